The van der Waals surface area contributed by atoms with Gasteiger partial charge in [0.05, 0.1) is 19.2 Å². The molecule has 0 bridgehead atoms. The molecular weight excluding hydrogens is 436 g/mol. The van der Waals surface area contributed by atoms with E-state index in [1.54, 1.807) is 54.5 Å². The van der Waals surface area contributed by atoms with Crippen molar-refractivity contribution >= 4 is 11.8 Å². The molecule has 0 fully saturated rings. The molecule has 9 heteroatoms. The van der Waals surface area contributed by atoms with E-state index in [0.717, 1.165) is 5.56 Å². The minimum Gasteiger partial charge on any atom is -0.472 e. The molecule has 3 rings (SSSR count). The van der Waals surface area contributed by atoms with Gasteiger partial charge in [0.1, 0.15) is 18.3 Å². The maximum absolute atomic E-state index is 13.4. The summed E-state index contributed by atoms with van der Waals surface area (Å²) in [4.78, 5) is 37.3. The third kappa shape index (κ3) is 6.10. The summed E-state index contributed by atoms with van der Waals surface area (Å²) in [5.74, 6) is 5.60. The van der Waals surface area contributed by atoms with Crippen molar-refractivity contribution in [3.63, 3.8) is 0 Å². The number of aromatic nitrogens is 2. The Labute approximate surface area is 199 Å². The highest BCUT2D eigenvalue weighted by molar-refractivity contribution is 5.97. The zero-order valence-electron chi connectivity index (χ0n) is 19.9. The Morgan fingerprint density at radius 2 is 2.15 bits per heavy atom. The van der Waals surface area contributed by atoms with Crippen molar-refractivity contribution in [3.8, 4) is 17.7 Å². The summed E-state index contributed by atoms with van der Waals surface area (Å²) >= 11 is 0. The number of nitrogens with zero attached hydrogens (tertiary/aromatic N) is 4. The van der Waals surface area contributed by atoms with Crippen LogP contribution >= 0.6 is 0 Å². The Morgan fingerprint density at radius 1 is 1.38 bits per heavy atom. The van der Waals surface area contributed by atoms with E-state index in [0.29, 0.717) is 18.7 Å². The molecule has 2 amide bonds. The number of fused-ring (bicyclic) bond motifs is 1. The smallest absolute Gasteiger partial charge is 0.259 e. The van der Waals surface area contributed by atoms with E-state index in [-0.39, 0.29) is 42.4 Å². The predicted molar refractivity (Wildman–Crippen MR) is 125 cm³/mol. The highest BCUT2D eigenvalue weighted by atomic mass is 16.5. The van der Waals surface area contributed by atoms with Gasteiger partial charge in [-0.3, -0.25) is 14.6 Å². The number of hydrogen-bond donors (Lipinski definition) is 1. The third-order valence-corrected chi connectivity index (χ3v) is 5.68. The maximum atomic E-state index is 13.4. The van der Waals surface area contributed by atoms with Crippen molar-refractivity contribution in [2.75, 3.05) is 40.5 Å². The Balaban J connectivity index is 1.96. The van der Waals surface area contributed by atoms with Crippen molar-refractivity contribution in [3.05, 3.63) is 53.5 Å². The van der Waals surface area contributed by atoms with E-state index < -0.39 is 12.1 Å². The Bertz CT molecular complexity index is 1070. The summed E-state index contributed by atoms with van der Waals surface area (Å²) in [5, 5.41) is 9.77. The molecule has 0 radical (unpaired) electrons. The number of amides is 2. The van der Waals surface area contributed by atoms with Gasteiger partial charge in [0.25, 0.3) is 5.91 Å². The Hall–Kier alpha value is -3.48. The fraction of sp³-hybridized carbons (Fsp3) is 0.440. The summed E-state index contributed by atoms with van der Waals surface area (Å²) in [7, 11) is 3.15. The number of aliphatic hydroxyl groups excluding tert-OH is 1. The Kier molecular flexibility index (Phi) is 8.57. The molecule has 1 N–H and O–H groups in total. The molecule has 2 aromatic heterocycles. The molecule has 9 nitrogen and oxygen atoms in total. The standard InChI is InChI=1S/C25H30N4O5/c1-17-13-29(18(2)15-30)25(32)21-10-20(8-7-19-6-5-9-26-11-19)12-27-24(21)34-22(17)14-28(3)23(31)16-33-4/h5-6,9-12,17-18,22,30H,13-16H2,1-4H3/t17-,18+,22-/m0/s1. The van der Waals surface area contributed by atoms with E-state index in [1.165, 1.54) is 7.11 Å². The topological polar surface area (TPSA) is 105 Å². The minimum atomic E-state index is -0.425. The molecule has 1 aliphatic heterocycles. The second-order valence-electron chi connectivity index (χ2n) is 8.40. The van der Waals surface area contributed by atoms with Crippen LogP contribution in [0.4, 0.5) is 0 Å². The molecule has 0 aromatic carbocycles. The lowest BCUT2D eigenvalue weighted by Crippen LogP contribution is -2.50. The number of pyridine rings is 2. The summed E-state index contributed by atoms with van der Waals surface area (Å²) < 4.78 is 11.1. The van der Waals surface area contributed by atoms with Gasteiger partial charge in [-0.1, -0.05) is 18.8 Å². The molecule has 2 aromatic rings. The van der Waals surface area contributed by atoms with E-state index in [1.807, 2.05) is 13.0 Å². The zero-order valence-corrected chi connectivity index (χ0v) is 19.9. The highest BCUT2D eigenvalue weighted by Gasteiger charge is 2.34. The molecule has 0 aliphatic carbocycles. The van der Waals surface area contributed by atoms with Gasteiger partial charge in [0, 0.05) is 56.3 Å². The van der Waals surface area contributed by atoms with Crippen LogP contribution in [0, 0.1) is 17.8 Å². The lowest BCUT2D eigenvalue weighted by Gasteiger charge is -2.37. The van der Waals surface area contributed by atoms with Crippen LogP contribution in [0.5, 0.6) is 5.88 Å². The van der Waals surface area contributed by atoms with Crippen molar-refractivity contribution in [1.29, 1.82) is 0 Å². The van der Waals surface area contributed by atoms with Crippen LogP contribution in [-0.4, -0.2) is 89.3 Å². The van der Waals surface area contributed by atoms with Gasteiger partial charge in [0.2, 0.25) is 11.8 Å². The quantitative estimate of drug-likeness (QED) is 0.638. The first-order chi connectivity index (χ1) is 16.3. The first kappa shape index (κ1) is 25.1. The number of carbonyl (C=O) groups is 2. The van der Waals surface area contributed by atoms with Gasteiger partial charge in [-0.25, -0.2) is 4.98 Å². The van der Waals surface area contributed by atoms with Crippen molar-refractivity contribution in [1.82, 2.24) is 19.8 Å². The molecule has 180 valence electrons. The largest absolute Gasteiger partial charge is 0.472 e. The Morgan fingerprint density at radius 3 is 2.82 bits per heavy atom. The average molecular weight is 467 g/mol. The molecule has 1 aliphatic rings. The predicted octanol–water partition coefficient (Wildman–Crippen LogP) is 1.20. The van der Waals surface area contributed by atoms with Crippen LogP contribution in [0.3, 0.4) is 0 Å². The second-order valence-corrected chi connectivity index (χ2v) is 8.40. The molecule has 3 heterocycles. The number of likely N-dealkylation sites (N-methyl/N-ethyl adjacent to an activating group) is 1. The van der Waals surface area contributed by atoms with Crippen molar-refractivity contribution in [2.24, 2.45) is 5.92 Å². The van der Waals surface area contributed by atoms with Gasteiger partial charge in [-0.2, -0.15) is 0 Å². The summed E-state index contributed by atoms with van der Waals surface area (Å²) in [6, 6.07) is 4.88. The molecule has 0 spiro atoms. The second kappa shape index (κ2) is 11.6. The molecule has 34 heavy (non-hydrogen) atoms. The van der Waals surface area contributed by atoms with Gasteiger partial charge < -0.3 is 24.4 Å². The average Bonchev–Trinajstić information content (AvgIpc) is 2.85. The number of aliphatic hydroxyl groups is 1. The van der Waals surface area contributed by atoms with Crippen molar-refractivity contribution in [2.45, 2.75) is 26.0 Å². The number of hydrogen-bond acceptors (Lipinski definition) is 7. The normalized spacial score (nSPS) is 18.5. The van der Waals surface area contributed by atoms with E-state index in [2.05, 4.69) is 21.8 Å². The van der Waals surface area contributed by atoms with Gasteiger partial charge >= 0.3 is 0 Å². The lowest BCUT2D eigenvalue weighted by molar-refractivity contribution is -0.135. The van der Waals surface area contributed by atoms with Gasteiger partial charge in [-0.15, -0.1) is 0 Å². The molecule has 3 atom stereocenters. The van der Waals surface area contributed by atoms with Crippen LogP contribution in [0.15, 0.2) is 36.8 Å². The number of methoxy groups -OCH3 is 1. The van der Waals surface area contributed by atoms with Gasteiger partial charge in [0.15, 0.2) is 0 Å². The minimum absolute atomic E-state index is 0.0302. The monoisotopic (exact) mass is 466 g/mol. The molecular formula is C25H30N4O5. The lowest BCUT2D eigenvalue weighted by atomic mass is 10.00. The van der Waals surface area contributed by atoms with Crippen LogP contribution in [-0.2, 0) is 9.53 Å². The first-order valence-corrected chi connectivity index (χ1v) is 11.1. The molecule has 0 unspecified atom stereocenters. The van der Waals surface area contributed by atoms with Crippen LogP contribution in [0.1, 0.15) is 35.3 Å². The fourth-order valence-corrected chi connectivity index (χ4v) is 3.58. The van der Waals surface area contributed by atoms with E-state index in [4.69, 9.17) is 9.47 Å². The number of ether oxygens (including phenoxy) is 2. The van der Waals surface area contributed by atoms with Crippen molar-refractivity contribution < 1.29 is 24.2 Å². The van der Waals surface area contributed by atoms with Crippen LogP contribution < -0.4 is 4.74 Å². The number of rotatable bonds is 6. The zero-order chi connectivity index (χ0) is 24.7. The van der Waals surface area contributed by atoms with Gasteiger partial charge in [-0.05, 0) is 25.1 Å². The maximum Gasteiger partial charge on any atom is 0.259 e. The fourth-order valence-electron chi connectivity index (χ4n) is 3.58. The summed E-state index contributed by atoms with van der Waals surface area (Å²) in [6.07, 6.45) is 4.45. The summed E-state index contributed by atoms with van der Waals surface area (Å²) in [6.45, 7) is 4.17. The first-order valence-electron chi connectivity index (χ1n) is 11.1. The van der Waals surface area contributed by atoms with E-state index in [9.17, 15) is 14.7 Å². The highest BCUT2D eigenvalue weighted by Crippen LogP contribution is 2.27. The SMILES string of the molecule is COCC(=O)N(C)C[C@@H]1Oc2ncc(C#Cc3cccnc3)cc2C(=O)N([C@H](C)CO)C[C@@H]1C. The molecule has 0 saturated carbocycles. The summed E-state index contributed by atoms with van der Waals surface area (Å²) in [5.41, 5.74) is 1.56. The third-order valence-electron chi connectivity index (χ3n) is 5.68. The van der Waals surface area contributed by atoms with E-state index >= 15 is 0 Å². The van der Waals surface area contributed by atoms with Crippen LogP contribution in [0.2, 0.25) is 0 Å². The van der Waals surface area contributed by atoms with Crippen LogP contribution in [0.25, 0.3) is 0 Å². The number of carbonyl (C=O) groups excluding carboxylic acids is 2. The molecule has 0 saturated heterocycles.